The smallest absolute Gasteiger partial charge is 0.219 e. The Hall–Kier alpha value is -0.210. The van der Waals surface area contributed by atoms with Gasteiger partial charge in [-0.15, -0.1) is 0 Å². The molecular weight excluding hydrogens is 254 g/mol. The Kier molecular flexibility index (Phi) is 4.47. The zero-order valence-corrected chi connectivity index (χ0v) is 10.4. The summed E-state index contributed by atoms with van der Waals surface area (Å²) in [7, 11) is 0. The zero-order valence-electron chi connectivity index (χ0n) is 8.12. The van der Waals surface area contributed by atoms with Gasteiger partial charge in [0.15, 0.2) is 0 Å². The summed E-state index contributed by atoms with van der Waals surface area (Å²) in [6.45, 7) is 1.86. The third-order valence-corrected chi connectivity index (χ3v) is 2.64. The fourth-order valence-electron chi connectivity index (χ4n) is 1.13. The van der Waals surface area contributed by atoms with Crippen molar-refractivity contribution < 1.29 is 5.11 Å². The summed E-state index contributed by atoms with van der Waals surface area (Å²) < 4.78 is -1.68. The average molecular weight is 266 g/mol. The molecule has 1 atom stereocenters. The van der Waals surface area contributed by atoms with Crippen LogP contribution in [0, 0.1) is 0 Å². The van der Waals surface area contributed by atoms with Crippen molar-refractivity contribution >= 4 is 40.4 Å². The van der Waals surface area contributed by atoms with Gasteiger partial charge in [-0.25, -0.2) is 0 Å². The quantitative estimate of drug-likeness (QED) is 0.806. The van der Waals surface area contributed by atoms with E-state index in [0.717, 1.165) is 11.1 Å². The van der Waals surface area contributed by atoms with Gasteiger partial charge in [0.25, 0.3) is 0 Å². The molecule has 1 rings (SSSR count). The Morgan fingerprint density at radius 3 is 2.27 bits per heavy atom. The molecule has 0 heterocycles. The lowest BCUT2D eigenvalue weighted by molar-refractivity contribution is 0.228. The number of aliphatic hydroxyl groups excluding tert-OH is 1. The molecule has 0 spiro atoms. The second kappa shape index (κ2) is 5.22. The summed E-state index contributed by atoms with van der Waals surface area (Å²) in [6, 6.07) is 9.60. The zero-order chi connectivity index (χ0) is 11.5. The van der Waals surface area contributed by atoms with E-state index in [1.165, 1.54) is 6.08 Å². The van der Waals surface area contributed by atoms with Gasteiger partial charge in [0.1, 0.15) is 6.10 Å². The predicted octanol–water partition coefficient (Wildman–Crippen LogP) is 3.82. The van der Waals surface area contributed by atoms with Gasteiger partial charge >= 0.3 is 0 Å². The van der Waals surface area contributed by atoms with Gasteiger partial charge in [0, 0.05) is 0 Å². The maximum absolute atomic E-state index is 9.55. The number of alkyl halides is 3. The highest BCUT2D eigenvalue weighted by molar-refractivity contribution is 6.68. The molecule has 0 aromatic heterocycles. The molecule has 1 nitrogen and oxygen atoms in total. The van der Waals surface area contributed by atoms with Crippen LogP contribution in [0.15, 0.2) is 36.4 Å². The maximum atomic E-state index is 9.55. The van der Waals surface area contributed by atoms with Crippen LogP contribution in [0.1, 0.15) is 12.5 Å². The van der Waals surface area contributed by atoms with Crippen molar-refractivity contribution in [2.45, 2.75) is 16.8 Å². The molecule has 0 saturated heterocycles. The second-order valence-corrected chi connectivity index (χ2v) is 5.57. The summed E-state index contributed by atoms with van der Waals surface area (Å²) in [6.07, 6.45) is 0.421. The molecule has 0 aliphatic heterocycles. The molecule has 0 bridgehead atoms. The minimum atomic E-state index is -1.68. The minimum Gasteiger partial charge on any atom is -0.385 e. The van der Waals surface area contributed by atoms with Crippen molar-refractivity contribution in [3.63, 3.8) is 0 Å². The molecule has 82 valence electrons. The summed E-state index contributed by atoms with van der Waals surface area (Å²) >= 11 is 16.7. The summed E-state index contributed by atoms with van der Waals surface area (Å²) in [5.41, 5.74) is 1.86. The SMILES string of the molecule is C/C(=C\C(O)C(Cl)(Cl)Cl)c1ccccc1. The third kappa shape index (κ3) is 4.04. The maximum Gasteiger partial charge on any atom is 0.219 e. The van der Waals surface area contributed by atoms with Crippen LogP contribution in [-0.4, -0.2) is 15.0 Å². The first kappa shape index (κ1) is 12.9. The van der Waals surface area contributed by atoms with Gasteiger partial charge in [-0.2, -0.15) is 0 Å². The van der Waals surface area contributed by atoms with Crippen LogP contribution in [0.2, 0.25) is 0 Å². The molecule has 0 aliphatic rings. The van der Waals surface area contributed by atoms with Crippen molar-refractivity contribution in [1.29, 1.82) is 0 Å². The number of hydrogen-bond acceptors (Lipinski definition) is 1. The molecule has 0 amide bonds. The lowest BCUT2D eigenvalue weighted by Crippen LogP contribution is -2.22. The molecule has 1 aromatic carbocycles. The van der Waals surface area contributed by atoms with E-state index in [4.69, 9.17) is 34.8 Å². The van der Waals surface area contributed by atoms with E-state index in [-0.39, 0.29) is 0 Å². The van der Waals surface area contributed by atoms with Crippen LogP contribution in [-0.2, 0) is 0 Å². The second-order valence-electron chi connectivity index (χ2n) is 3.20. The van der Waals surface area contributed by atoms with Gasteiger partial charge < -0.3 is 5.11 Å². The molecule has 0 radical (unpaired) electrons. The van der Waals surface area contributed by atoms with E-state index in [9.17, 15) is 5.11 Å². The summed E-state index contributed by atoms with van der Waals surface area (Å²) in [5, 5.41) is 9.55. The van der Waals surface area contributed by atoms with Crippen LogP contribution < -0.4 is 0 Å². The first-order valence-electron chi connectivity index (χ1n) is 4.40. The first-order valence-corrected chi connectivity index (χ1v) is 5.53. The van der Waals surface area contributed by atoms with E-state index in [2.05, 4.69) is 0 Å². The van der Waals surface area contributed by atoms with Crippen molar-refractivity contribution in [2.24, 2.45) is 0 Å². The topological polar surface area (TPSA) is 20.2 Å². The van der Waals surface area contributed by atoms with Gasteiger partial charge in [-0.1, -0.05) is 65.1 Å². The van der Waals surface area contributed by atoms with E-state index in [0.29, 0.717) is 0 Å². The van der Waals surface area contributed by atoms with E-state index in [1.54, 1.807) is 0 Å². The third-order valence-electron chi connectivity index (χ3n) is 1.97. The highest BCUT2D eigenvalue weighted by Crippen LogP contribution is 2.32. The lowest BCUT2D eigenvalue weighted by atomic mass is 10.1. The Morgan fingerprint density at radius 2 is 1.80 bits per heavy atom. The fraction of sp³-hybridized carbons (Fsp3) is 0.273. The van der Waals surface area contributed by atoms with Crippen LogP contribution in [0.4, 0.5) is 0 Å². The predicted molar refractivity (Wildman–Crippen MR) is 66.4 cm³/mol. The summed E-state index contributed by atoms with van der Waals surface area (Å²) in [5.74, 6) is 0. The molecular formula is C11H11Cl3O. The average Bonchev–Trinajstić information content (AvgIpc) is 2.17. The van der Waals surface area contributed by atoms with Crippen LogP contribution in [0.3, 0.4) is 0 Å². The number of allylic oxidation sites excluding steroid dienone is 1. The molecule has 15 heavy (non-hydrogen) atoms. The Labute approximate surface area is 104 Å². The van der Waals surface area contributed by atoms with Crippen molar-refractivity contribution in [2.75, 3.05) is 0 Å². The molecule has 0 fully saturated rings. The van der Waals surface area contributed by atoms with Gasteiger partial charge in [-0.05, 0) is 24.1 Å². The minimum absolute atomic E-state index is 0.870. The Bertz CT molecular complexity index is 341. The van der Waals surface area contributed by atoms with E-state index >= 15 is 0 Å². The normalized spacial score (nSPS) is 15.1. The Morgan fingerprint density at radius 1 is 1.27 bits per heavy atom. The van der Waals surface area contributed by atoms with Crippen molar-refractivity contribution in [3.8, 4) is 0 Å². The molecule has 0 saturated carbocycles. The Balaban J connectivity index is 2.86. The largest absolute Gasteiger partial charge is 0.385 e. The number of benzene rings is 1. The van der Waals surface area contributed by atoms with Crippen molar-refractivity contribution in [1.82, 2.24) is 0 Å². The van der Waals surface area contributed by atoms with Gasteiger partial charge in [-0.3, -0.25) is 0 Å². The number of aliphatic hydroxyl groups is 1. The van der Waals surface area contributed by atoms with Crippen LogP contribution >= 0.6 is 34.8 Å². The van der Waals surface area contributed by atoms with Crippen molar-refractivity contribution in [3.05, 3.63) is 42.0 Å². The molecule has 1 unspecified atom stereocenters. The van der Waals surface area contributed by atoms with Gasteiger partial charge in [0.05, 0.1) is 0 Å². The number of hydrogen-bond donors (Lipinski definition) is 1. The standard InChI is InChI=1S/C11H11Cl3O/c1-8(7-10(15)11(12,13)14)9-5-3-2-4-6-9/h2-7,10,15H,1H3/b8-7+. The van der Waals surface area contributed by atoms with Crippen LogP contribution in [0.25, 0.3) is 5.57 Å². The number of halogens is 3. The van der Waals surface area contributed by atoms with Crippen LogP contribution in [0.5, 0.6) is 0 Å². The molecule has 1 N–H and O–H groups in total. The van der Waals surface area contributed by atoms with E-state index < -0.39 is 9.90 Å². The van der Waals surface area contributed by atoms with Gasteiger partial charge in [0.2, 0.25) is 3.79 Å². The summed E-state index contributed by atoms with van der Waals surface area (Å²) in [4.78, 5) is 0. The van der Waals surface area contributed by atoms with E-state index in [1.807, 2.05) is 37.3 Å². The molecule has 0 aliphatic carbocycles. The highest BCUT2D eigenvalue weighted by atomic mass is 35.6. The number of rotatable bonds is 2. The molecule has 1 aromatic rings. The monoisotopic (exact) mass is 264 g/mol. The highest BCUT2D eigenvalue weighted by Gasteiger charge is 2.28. The fourth-order valence-corrected chi connectivity index (χ4v) is 1.32. The lowest BCUT2D eigenvalue weighted by Gasteiger charge is -2.16. The first-order chi connectivity index (χ1) is 6.91. The molecule has 4 heteroatoms.